The smallest absolute Gasteiger partial charge is 0.255 e. The number of anilines is 2. The fourth-order valence-electron chi connectivity index (χ4n) is 2.08. The Morgan fingerprint density at radius 3 is 2.09 bits per heavy atom. The number of amides is 1. The Morgan fingerprint density at radius 1 is 0.955 bits per heavy atom. The molecule has 0 unspecified atom stereocenters. The summed E-state index contributed by atoms with van der Waals surface area (Å²) in [6, 6.07) is 12.7. The van der Waals surface area contributed by atoms with Crippen molar-refractivity contribution in [1.29, 1.82) is 0 Å². The largest absolute Gasteiger partial charge is 0.378 e. The highest BCUT2D eigenvalue weighted by Crippen LogP contribution is 2.19. The summed E-state index contributed by atoms with van der Waals surface area (Å²) in [7, 11) is 3.90. The molecule has 0 bridgehead atoms. The fraction of sp³-hybridized carbons (Fsp3) is 0.222. The van der Waals surface area contributed by atoms with E-state index in [4.69, 9.17) is 0 Å². The van der Waals surface area contributed by atoms with Gasteiger partial charge in [-0.15, -0.1) is 0 Å². The lowest BCUT2D eigenvalue weighted by Gasteiger charge is -2.13. The lowest BCUT2D eigenvalue weighted by atomic mass is 10.1. The highest BCUT2D eigenvalue weighted by molar-refractivity contribution is 6.05. The molecule has 22 heavy (non-hydrogen) atoms. The van der Waals surface area contributed by atoms with E-state index in [0.717, 1.165) is 11.3 Å². The summed E-state index contributed by atoms with van der Waals surface area (Å²) < 4.78 is 0. The van der Waals surface area contributed by atoms with E-state index in [9.17, 15) is 9.59 Å². The van der Waals surface area contributed by atoms with Gasteiger partial charge in [0.2, 0.25) is 0 Å². The Bertz CT molecular complexity index is 704. The van der Waals surface area contributed by atoms with E-state index >= 15 is 0 Å². The summed E-state index contributed by atoms with van der Waals surface area (Å²) in [6.07, 6.45) is 0. The van der Waals surface area contributed by atoms with E-state index < -0.39 is 0 Å². The van der Waals surface area contributed by atoms with Crippen molar-refractivity contribution in [3.63, 3.8) is 0 Å². The predicted octanol–water partition coefficient (Wildman–Crippen LogP) is 3.52. The number of hydrogen-bond acceptors (Lipinski definition) is 3. The van der Waals surface area contributed by atoms with Crippen LogP contribution in [0.2, 0.25) is 0 Å². The van der Waals surface area contributed by atoms with Crippen molar-refractivity contribution in [1.82, 2.24) is 0 Å². The molecule has 1 N–H and O–H groups in total. The first-order valence-corrected chi connectivity index (χ1v) is 7.09. The summed E-state index contributed by atoms with van der Waals surface area (Å²) in [5.41, 5.74) is 3.78. The van der Waals surface area contributed by atoms with E-state index in [-0.39, 0.29) is 11.7 Å². The van der Waals surface area contributed by atoms with Gasteiger partial charge in [0.15, 0.2) is 5.78 Å². The molecule has 0 aromatic heterocycles. The van der Waals surface area contributed by atoms with Crippen molar-refractivity contribution in [2.45, 2.75) is 13.8 Å². The van der Waals surface area contributed by atoms with Crippen molar-refractivity contribution in [2.75, 3.05) is 24.3 Å². The minimum Gasteiger partial charge on any atom is -0.378 e. The van der Waals surface area contributed by atoms with Crippen LogP contribution < -0.4 is 10.2 Å². The Hall–Kier alpha value is -2.62. The Balaban J connectivity index is 2.21. The van der Waals surface area contributed by atoms with Gasteiger partial charge >= 0.3 is 0 Å². The SMILES string of the molecule is CC(=O)c1ccc(C)c(NC(=O)c2ccc(N(C)C)cc2)c1. The van der Waals surface area contributed by atoms with Gasteiger partial charge in [0.25, 0.3) is 5.91 Å². The second-order valence-electron chi connectivity index (χ2n) is 5.48. The molecule has 2 rings (SSSR count). The maximum Gasteiger partial charge on any atom is 0.255 e. The van der Waals surface area contributed by atoms with Crippen LogP contribution in [0.1, 0.15) is 33.2 Å². The van der Waals surface area contributed by atoms with Crippen LogP contribution in [0.15, 0.2) is 42.5 Å². The molecule has 0 aliphatic rings. The number of carbonyl (C=O) groups excluding carboxylic acids is 2. The van der Waals surface area contributed by atoms with Crippen molar-refractivity contribution >= 4 is 23.1 Å². The van der Waals surface area contributed by atoms with E-state index in [2.05, 4.69) is 5.32 Å². The molecular weight excluding hydrogens is 276 g/mol. The normalized spacial score (nSPS) is 10.2. The topological polar surface area (TPSA) is 49.4 Å². The molecule has 0 heterocycles. The zero-order valence-electron chi connectivity index (χ0n) is 13.3. The predicted molar refractivity (Wildman–Crippen MR) is 89.9 cm³/mol. The molecule has 0 spiro atoms. The zero-order valence-corrected chi connectivity index (χ0v) is 13.3. The molecule has 1 amide bonds. The van der Waals surface area contributed by atoms with E-state index in [0.29, 0.717) is 16.8 Å². The standard InChI is InChI=1S/C18H20N2O2/c1-12-5-6-15(13(2)21)11-17(12)19-18(22)14-7-9-16(10-8-14)20(3)4/h5-11H,1-4H3,(H,19,22). The van der Waals surface area contributed by atoms with Gasteiger partial charge in [0, 0.05) is 36.6 Å². The number of carbonyl (C=O) groups is 2. The van der Waals surface area contributed by atoms with E-state index in [1.54, 1.807) is 24.3 Å². The van der Waals surface area contributed by atoms with Crippen molar-refractivity contribution in [3.8, 4) is 0 Å². The Morgan fingerprint density at radius 2 is 1.55 bits per heavy atom. The fourth-order valence-corrected chi connectivity index (χ4v) is 2.08. The van der Waals surface area contributed by atoms with Gasteiger partial charge in [-0.2, -0.15) is 0 Å². The Kier molecular flexibility index (Phi) is 4.61. The number of rotatable bonds is 4. The maximum atomic E-state index is 12.3. The molecular formula is C18H20N2O2. The van der Waals surface area contributed by atoms with Crippen LogP contribution in [-0.4, -0.2) is 25.8 Å². The van der Waals surface area contributed by atoms with Gasteiger partial charge < -0.3 is 10.2 Å². The van der Waals surface area contributed by atoms with Crippen LogP contribution in [0.5, 0.6) is 0 Å². The highest BCUT2D eigenvalue weighted by Gasteiger charge is 2.10. The average Bonchev–Trinajstić information content (AvgIpc) is 2.49. The summed E-state index contributed by atoms with van der Waals surface area (Å²) in [6.45, 7) is 3.41. The third kappa shape index (κ3) is 3.52. The number of nitrogens with one attached hydrogen (secondary N) is 1. The molecule has 0 aliphatic heterocycles. The van der Waals surface area contributed by atoms with Crippen molar-refractivity contribution in [3.05, 3.63) is 59.2 Å². The number of benzene rings is 2. The molecule has 2 aromatic rings. The molecule has 0 fully saturated rings. The summed E-state index contributed by atoms with van der Waals surface area (Å²) in [4.78, 5) is 25.7. The molecule has 0 saturated carbocycles. The van der Waals surface area contributed by atoms with Gasteiger partial charge in [-0.1, -0.05) is 12.1 Å². The second-order valence-corrected chi connectivity index (χ2v) is 5.48. The Labute approximate surface area is 130 Å². The molecule has 0 radical (unpaired) electrons. The van der Waals surface area contributed by atoms with Gasteiger partial charge in [0.1, 0.15) is 0 Å². The van der Waals surface area contributed by atoms with Crippen LogP contribution >= 0.6 is 0 Å². The number of hydrogen-bond donors (Lipinski definition) is 1. The van der Waals surface area contributed by atoms with Crippen LogP contribution in [0.25, 0.3) is 0 Å². The number of Topliss-reactive ketones (excluding diaryl/α,β-unsaturated/α-hetero) is 1. The van der Waals surface area contributed by atoms with Crippen LogP contribution in [-0.2, 0) is 0 Å². The van der Waals surface area contributed by atoms with Gasteiger partial charge in [-0.3, -0.25) is 9.59 Å². The number of ketones is 1. The number of nitrogens with zero attached hydrogens (tertiary/aromatic N) is 1. The minimum atomic E-state index is -0.186. The molecule has 0 aliphatic carbocycles. The number of aryl methyl sites for hydroxylation is 1. The van der Waals surface area contributed by atoms with Crippen molar-refractivity contribution < 1.29 is 9.59 Å². The van der Waals surface area contributed by atoms with Crippen LogP contribution in [0.4, 0.5) is 11.4 Å². The summed E-state index contributed by atoms with van der Waals surface area (Å²) in [5.74, 6) is -0.208. The average molecular weight is 296 g/mol. The molecule has 4 heteroatoms. The molecule has 0 saturated heterocycles. The zero-order chi connectivity index (χ0) is 16.3. The first kappa shape index (κ1) is 15.8. The van der Waals surface area contributed by atoms with Gasteiger partial charge in [0.05, 0.1) is 0 Å². The van der Waals surface area contributed by atoms with Crippen LogP contribution in [0.3, 0.4) is 0 Å². The molecule has 0 atom stereocenters. The van der Waals surface area contributed by atoms with Crippen molar-refractivity contribution in [2.24, 2.45) is 0 Å². The third-order valence-corrected chi connectivity index (χ3v) is 3.54. The third-order valence-electron chi connectivity index (χ3n) is 3.54. The lowest BCUT2D eigenvalue weighted by molar-refractivity contribution is 0.101. The quantitative estimate of drug-likeness (QED) is 0.878. The van der Waals surface area contributed by atoms with E-state index in [1.165, 1.54) is 6.92 Å². The second kappa shape index (κ2) is 6.43. The molecule has 2 aromatic carbocycles. The first-order valence-electron chi connectivity index (χ1n) is 7.09. The van der Waals surface area contributed by atoms with Gasteiger partial charge in [-0.05, 0) is 49.7 Å². The monoisotopic (exact) mass is 296 g/mol. The lowest BCUT2D eigenvalue weighted by Crippen LogP contribution is -2.14. The van der Waals surface area contributed by atoms with Gasteiger partial charge in [-0.25, -0.2) is 0 Å². The van der Waals surface area contributed by atoms with Crippen LogP contribution in [0, 0.1) is 6.92 Å². The summed E-state index contributed by atoms with van der Waals surface area (Å²) in [5, 5.41) is 2.87. The first-order chi connectivity index (χ1) is 10.4. The minimum absolute atomic E-state index is 0.0224. The molecule has 4 nitrogen and oxygen atoms in total. The summed E-state index contributed by atoms with van der Waals surface area (Å²) >= 11 is 0. The highest BCUT2D eigenvalue weighted by atomic mass is 16.1. The maximum absolute atomic E-state index is 12.3. The molecule has 114 valence electrons. The van der Waals surface area contributed by atoms with E-state index in [1.807, 2.05) is 44.1 Å².